The van der Waals surface area contributed by atoms with E-state index in [-0.39, 0.29) is 11.5 Å². The molecule has 21 heavy (non-hydrogen) atoms. The average molecular weight is 292 g/mol. The molecular weight excluding hydrogens is 264 g/mol. The third-order valence-electron chi connectivity index (χ3n) is 3.78. The van der Waals surface area contributed by atoms with Crippen LogP contribution < -0.4 is 0 Å². The first kappa shape index (κ1) is 17.6. The van der Waals surface area contributed by atoms with Crippen molar-refractivity contribution in [1.82, 2.24) is 4.98 Å². The second-order valence-corrected chi connectivity index (χ2v) is 5.70. The summed E-state index contributed by atoms with van der Waals surface area (Å²) < 4.78 is 0. The molecule has 0 spiro atoms. The zero-order valence-electron chi connectivity index (χ0n) is 13.0. The maximum absolute atomic E-state index is 10.2. The fourth-order valence-corrected chi connectivity index (χ4v) is 2.53. The largest absolute Gasteiger partial charge is 0.265 e. The van der Waals surface area contributed by atoms with Crippen LogP contribution in [-0.4, -0.2) is 16.5 Å². The van der Waals surface area contributed by atoms with Crippen LogP contribution in [-0.2, 0) is 6.42 Å². The second kappa shape index (κ2) is 12.3. The van der Waals surface area contributed by atoms with Gasteiger partial charge in [-0.25, -0.2) is 0 Å². The average Bonchev–Trinajstić information content (AvgIpc) is 2.49. The van der Waals surface area contributed by atoms with E-state index in [1.807, 2.05) is 18.5 Å². The molecule has 0 N–H and O–H groups in total. The molecule has 0 aliphatic heterocycles. The zero-order chi connectivity index (χ0) is 15.2. The van der Waals surface area contributed by atoms with Gasteiger partial charge in [-0.15, -0.1) is 0 Å². The van der Waals surface area contributed by atoms with Crippen LogP contribution in [0.2, 0.25) is 0 Å². The van der Waals surface area contributed by atoms with E-state index in [9.17, 15) is 10.1 Å². The highest BCUT2D eigenvalue weighted by atomic mass is 16.6. The van der Waals surface area contributed by atoms with E-state index in [0.29, 0.717) is 0 Å². The maximum Gasteiger partial charge on any atom is 0.203 e. The number of nitrogens with zero attached hydrogens (tertiary/aromatic N) is 2. The zero-order valence-corrected chi connectivity index (χ0v) is 13.0. The van der Waals surface area contributed by atoms with Crippen LogP contribution in [0.15, 0.2) is 24.5 Å². The number of aromatic nitrogens is 1. The molecule has 0 unspecified atom stereocenters. The van der Waals surface area contributed by atoms with E-state index in [4.69, 9.17) is 0 Å². The predicted octanol–water partition coefficient (Wildman–Crippen LogP) is 4.80. The van der Waals surface area contributed by atoms with Gasteiger partial charge in [-0.1, -0.05) is 51.0 Å². The molecule has 1 rings (SSSR count). The van der Waals surface area contributed by atoms with Crippen LogP contribution >= 0.6 is 0 Å². The molecule has 0 amide bonds. The number of nitro groups is 1. The highest BCUT2D eigenvalue weighted by molar-refractivity contribution is 5.08. The summed E-state index contributed by atoms with van der Waals surface area (Å²) in [6.07, 6.45) is 16.8. The molecule has 0 aromatic carbocycles. The molecule has 0 bridgehead atoms. The number of aryl methyl sites for hydroxylation is 1. The Balaban J connectivity index is 1.78. The maximum atomic E-state index is 10.2. The van der Waals surface area contributed by atoms with Crippen LogP contribution in [0.1, 0.15) is 69.8 Å². The molecule has 1 aromatic heterocycles. The first-order valence-electron chi connectivity index (χ1n) is 8.30. The fraction of sp³-hybridized carbons (Fsp3) is 0.706. The number of pyridine rings is 1. The van der Waals surface area contributed by atoms with Crippen LogP contribution in [0.5, 0.6) is 0 Å². The molecule has 0 aliphatic rings. The first-order valence-corrected chi connectivity index (χ1v) is 8.30. The second-order valence-electron chi connectivity index (χ2n) is 5.70. The highest BCUT2D eigenvalue weighted by Gasteiger charge is 1.97. The summed E-state index contributed by atoms with van der Waals surface area (Å²) in [6, 6.07) is 4.15. The minimum Gasteiger partial charge on any atom is -0.265 e. The number of hydrogen-bond donors (Lipinski definition) is 0. The minimum absolute atomic E-state index is 0.136. The Morgan fingerprint density at radius 3 is 2.00 bits per heavy atom. The standard InChI is InChI=1S/C17H28N2O2/c20-19(21)15-10-8-6-4-2-1-3-5-7-9-12-17-13-11-14-18-16-17/h11,13-14,16H,1-10,12,15H2. The lowest BCUT2D eigenvalue weighted by molar-refractivity contribution is -0.480. The molecule has 0 radical (unpaired) electrons. The molecule has 1 aromatic rings. The lowest BCUT2D eigenvalue weighted by Crippen LogP contribution is -1.99. The Bertz CT molecular complexity index is 368. The summed E-state index contributed by atoms with van der Waals surface area (Å²) in [5.41, 5.74) is 1.34. The number of hydrogen-bond acceptors (Lipinski definition) is 3. The van der Waals surface area contributed by atoms with Gasteiger partial charge in [0.25, 0.3) is 0 Å². The van der Waals surface area contributed by atoms with Crippen molar-refractivity contribution in [2.24, 2.45) is 0 Å². The Morgan fingerprint density at radius 2 is 1.48 bits per heavy atom. The fourth-order valence-electron chi connectivity index (χ4n) is 2.53. The van der Waals surface area contributed by atoms with Gasteiger partial charge in [0.1, 0.15) is 0 Å². The quantitative estimate of drug-likeness (QED) is 0.298. The Kier molecular flexibility index (Phi) is 10.3. The molecule has 0 fully saturated rings. The molecule has 0 atom stereocenters. The van der Waals surface area contributed by atoms with Gasteiger partial charge in [0.15, 0.2) is 0 Å². The lowest BCUT2D eigenvalue weighted by atomic mass is 10.0. The third-order valence-corrected chi connectivity index (χ3v) is 3.78. The molecule has 0 saturated carbocycles. The molecule has 1 heterocycles. The highest BCUT2D eigenvalue weighted by Crippen LogP contribution is 2.12. The van der Waals surface area contributed by atoms with Gasteiger partial charge in [-0.2, -0.15) is 0 Å². The summed E-state index contributed by atoms with van der Waals surface area (Å²) in [7, 11) is 0. The Labute approximate surface area is 128 Å². The predicted molar refractivity (Wildman–Crippen MR) is 86.0 cm³/mol. The number of unbranched alkanes of at least 4 members (excludes halogenated alkanes) is 9. The van der Waals surface area contributed by atoms with Crippen molar-refractivity contribution in [3.63, 3.8) is 0 Å². The van der Waals surface area contributed by atoms with Gasteiger partial charge in [0, 0.05) is 23.7 Å². The van der Waals surface area contributed by atoms with Crippen LogP contribution in [0, 0.1) is 10.1 Å². The molecule has 118 valence electrons. The molecular formula is C17H28N2O2. The van der Waals surface area contributed by atoms with Crippen molar-refractivity contribution in [1.29, 1.82) is 0 Å². The van der Waals surface area contributed by atoms with E-state index >= 15 is 0 Å². The van der Waals surface area contributed by atoms with Gasteiger partial charge in [-0.3, -0.25) is 15.1 Å². The van der Waals surface area contributed by atoms with E-state index in [2.05, 4.69) is 11.1 Å². The minimum atomic E-state index is -0.217. The van der Waals surface area contributed by atoms with Crippen LogP contribution in [0.4, 0.5) is 0 Å². The van der Waals surface area contributed by atoms with E-state index in [1.165, 1.54) is 50.5 Å². The summed E-state index contributed by atoms with van der Waals surface area (Å²) in [5.74, 6) is 0. The van der Waals surface area contributed by atoms with Crippen molar-refractivity contribution in [3.05, 3.63) is 40.2 Å². The van der Waals surface area contributed by atoms with Gasteiger partial charge >= 0.3 is 0 Å². The lowest BCUT2D eigenvalue weighted by Gasteiger charge is -2.02. The van der Waals surface area contributed by atoms with Crippen molar-refractivity contribution in [2.45, 2.75) is 70.6 Å². The Hall–Kier alpha value is -1.45. The van der Waals surface area contributed by atoms with Crippen molar-refractivity contribution >= 4 is 0 Å². The van der Waals surface area contributed by atoms with E-state index in [1.54, 1.807) is 0 Å². The third kappa shape index (κ3) is 10.9. The topological polar surface area (TPSA) is 56.0 Å². The first-order chi connectivity index (χ1) is 10.3. The van der Waals surface area contributed by atoms with Crippen LogP contribution in [0.3, 0.4) is 0 Å². The normalized spacial score (nSPS) is 10.7. The van der Waals surface area contributed by atoms with Gasteiger partial charge in [0.2, 0.25) is 6.54 Å². The molecule has 4 heteroatoms. The smallest absolute Gasteiger partial charge is 0.203 e. The van der Waals surface area contributed by atoms with Gasteiger partial charge in [-0.05, 0) is 30.9 Å². The van der Waals surface area contributed by atoms with Gasteiger partial charge in [0.05, 0.1) is 0 Å². The van der Waals surface area contributed by atoms with Crippen molar-refractivity contribution in [3.8, 4) is 0 Å². The SMILES string of the molecule is O=[N+]([O-])CCCCCCCCCCCCc1cccnc1. The van der Waals surface area contributed by atoms with Crippen LogP contribution in [0.25, 0.3) is 0 Å². The molecule has 4 nitrogen and oxygen atoms in total. The number of rotatable bonds is 13. The Morgan fingerprint density at radius 1 is 0.905 bits per heavy atom. The van der Waals surface area contributed by atoms with Crippen molar-refractivity contribution < 1.29 is 4.92 Å². The monoisotopic (exact) mass is 292 g/mol. The summed E-state index contributed by atoms with van der Waals surface area (Å²) in [5, 5.41) is 10.2. The molecule has 0 aliphatic carbocycles. The van der Waals surface area contributed by atoms with E-state index < -0.39 is 0 Å². The van der Waals surface area contributed by atoms with Gasteiger partial charge < -0.3 is 0 Å². The molecule has 0 saturated heterocycles. The van der Waals surface area contributed by atoms with Crippen molar-refractivity contribution in [2.75, 3.05) is 6.54 Å². The summed E-state index contributed by atoms with van der Waals surface area (Å²) in [6.45, 7) is 0.136. The van der Waals surface area contributed by atoms with E-state index in [0.717, 1.165) is 25.7 Å². The summed E-state index contributed by atoms with van der Waals surface area (Å²) >= 11 is 0. The summed E-state index contributed by atoms with van der Waals surface area (Å²) in [4.78, 5) is 14.1.